The molecule has 0 bridgehead atoms. The van der Waals surface area contributed by atoms with Crippen molar-refractivity contribution in [1.29, 1.82) is 0 Å². The van der Waals surface area contributed by atoms with E-state index < -0.39 is 0 Å². The Morgan fingerprint density at radius 1 is 1.31 bits per heavy atom. The van der Waals surface area contributed by atoms with E-state index in [0.29, 0.717) is 0 Å². The van der Waals surface area contributed by atoms with Gasteiger partial charge in [0.1, 0.15) is 12.7 Å². The van der Waals surface area contributed by atoms with Crippen LogP contribution in [0.3, 0.4) is 0 Å². The van der Waals surface area contributed by atoms with Gasteiger partial charge in [0.25, 0.3) is 0 Å². The maximum absolute atomic E-state index is 4.05. The van der Waals surface area contributed by atoms with Crippen LogP contribution in [-0.4, -0.2) is 14.8 Å². The third-order valence-corrected chi connectivity index (χ3v) is 1.82. The molecule has 1 aromatic heterocycles. The van der Waals surface area contributed by atoms with Gasteiger partial charge in [0.2, 0.25) is 0 Å². The molecule has 0 amide bonds. The molecule has 1 aromatic carbocycles. The van der Waals surface area contributed by atoms with Crippen LogP contribution in [-0.2, 0) is 0 Å². The summed E-state index contributed by atoms with van der Waals surface area (Å²) in [6.07, 6.45) is 4.99. The molecular formula is C10H9N3. The molecule has 2 aromatic rings. The Hall–Kier alpha value is -1.90. The van der Waals surface area contributed by atoms with Crippen molar-refractivity contribution in [3.05, 3.63) is 49.1 Å². The van der Waals surface area contributed by atoms with Crippen LogP contribution in [0.5, 0.6) is 0 Å². The topological polar surface area (TPSA) is 30.7 Å². The molecule has 3 nitrogen and oxygen atoms in total. The third kappa shape index (κ3) is 1.36. The minimum atomic E-state index is 0.995. The maximum atomic E-state index is 4.05. The molecule has 0 aliphatic heterocycles. The molecule has 0 aliphatic carbocycles. The van der Waals surface area contributed by atoms with Crippen molar-refractivity contribution < 1.29 is 0 Å². The minimum Gasteiger partial charge on any atom is -0.223 e. The lowest BCUT2D eigenvalue weighted by atomic mass is 10.2. The number of hydrogen-bond acceptors (Lipinski definition) is 2. The van der Waals surface area contributed by atoms with E-state index in [2.05, 4.69) is 16.7 Å². The summed E-state index contributed by atoms with van der Waals surface area (Å²) in [6, 6.07) is 7.90. The number of rotatable bonds is 2. The molecule has 0 unspecified atom stereocenters. The van der Waals surface area contributed by atoms with Crippen LogP contribution in [0.4, 0.5) is 0 Å². The van der Waals surface area contributed by atoms with Crippen molar-refractivity contribution >= 4 is 6.08 Å². The van der Waals surface area contributed by atoms with Crippen LogP contribution in [0.1, 0.15) is 5.56 Å². The highest BCUT2D eigenvalue weighted by Gasteiger charge is 1.99. The van der Waals surface area contributed by atoms with Gasteiger partial charge in [0, 0.05) is 0 Å². The van der Waals surface area contributed by atoms with Crippen LogP contribution in [0, 0.1) is 0 Å². The van der Waals surface area contributed by atoms with Gasteiger partial charge >= 0.3 is 0 Å². The van der Waals surface area contributed by atoms with E-state index in [-0.39, 0.29) is 0 Å². The lowest BCUT2D eigenvalue weighted by Crippen LogP contribution is -1.96. The van der Waals surface area contributed by atoms with Gasteiger partial charge in [0.15, 0.2) is 0 Å². The van der Waals surface area contributed by atoms with E-state index in [9.17, 15) is 0 Å². The molecule has 0 saturated carbocycles. The van der Waals surface area contributed by atoms with Crippen molar-refractivity contribution in [2.45, 2.75) is 0 Å². The maximum Gasteiger partial charge on any atom is 0.138 e. The molecule has 0 radical (unpaired) electrons. The molecule has 1 heterocycles. The number of aromatic nitrogens is 3. The molecule has 0 atom stereocenters. The first-order valence-electron chi connectivity index (χ1n) is 3.98. The van der Waals surface area contributed by atoms with E-state index in [1.165, 1.54) is 6.33 Å². The van der Waals surface area contributed by atoms with E-state index in [1.807, 2.05) is 24.3 Å². The lowest BCUT2D eigenvalue weighted by molar-refractivity contribution is 0.877. The van der Waals surface area contributed by atoms with Crippen molar-refractivity contribution in [3.8, 4) is 5.69 Å². The van der Waals surface area contributed by atoms with Crippen LogP contribution in [0.2, 0.25) is 0 Å². The highest BCUT2D eigenvalue weighted by Crippen LogP contribution is 2.13. The molecule has 64 valence electrons. The van der Waals surface area contributed by atoms with Crippen LogP contribution >= 0.6 is 0 Å². The fourth-order valence-electron chi connectivity index (χ4n) is 1.20. The quantitative estimate of drug-likeness (QED) is 0.691. The smallest absolute Gasteiger partial charge is 0.138 e. The summed E-state index contributed by atoms with van der Waals surface area (Å²) in [5.41, 5.74) is 2.04. The van der Waals surface area contributed by atoms with Gasteiger partial charge < -0.3 is 0 Å². The SMILES string of the molecule is C=Cc1ccccc1-n1cncn1. The number of benzene rings is 1. The average molecular weight is 171 g/mol. The van der Waals surface area contributed by atoms with Gasteiger partial charge in [-0.15, -0.1) is 0 Å². The molecule has 0 aliphatic rings. The summed E-state index contributed by atoms with van der Waals surface area (Å²) >= 11 is 0. The van der Waals surface area contributed by atoms with E-state index in [0.717, 1.165) is 11.3 Å². The Morgan fingerprint density at radius 2 is 2.15 bits per heavy atom. The van der Waals surface area contributed by atoms with Gasteiger partial charge in [-0.2, -0.15) is 5.10 Å². The van der Waals surface area contributed by atoms with E-state index in [1.54, 1.807) is 17.1 Å². The van der Waals surface area contributed by atoms with Crippen LogP contribution in [0.15, 0.2) is 43.5 Å². The summed E-state index contributed by atoms with van der Waals surface area (Å²) < 4.78 is 1.72. The molecule has 13 heavy (non-hydrogen) atoms. The predicted octanol–water partition coefficient (Wildman–Crippen LogP) is 1.91. The molecule has 2 rings (SSSR count). The van der Waals surface area contributed by atoms with Gasteiger partial charge in [-0.1, -0.05) is 30.9 Å². The van der Waals surface area contributed by atoms with Crippen LogP contribution < -0.4 is 0 Å². The van der Waals surface area contributed by atoms with Gasteiger partial charge in [0.05, 0.1) is 5.69 Å². The van der Waals surface area contributed by atoms with Crippen molar-refractivity contribution in [3.63, 3.8) is 0 Å². The van der Waals surface area contributed by atoms with Crippen molar-refractivity contribution in [2.75, 3.05) is 0 Å². The lowest BCUT2D eigenvalue weighted by Gasteiger charge is -2.03. The summed E-state index contributed by atoms with van der Waals surface area (Å²) in [5.74, 6) is 0. The molecule has 0 fully saturated rings. The van der Waals surface area contributed by atoms with Gasteiger partial charge in [-0.25, -0.2) is 9.67 Å². The van der Waals surface area contributed by atoms with Crippen molar-refractivity contribution in [1.82, 2.24) is 14.8 Å². The molecule has 0 N–H and O–H groups in total. The standard InChI is InChI=1S/C10H9N3/c1-2-9-5-3-4-6-10(9)13-8-11-7-12-13/h2-8H,1H2. The van der Waals surface area contributed by atoms with E-state index >= 15 is 0 Å². The first kappa shape index (κ1) is 7.73. The predicted molar refractivity (Wildman–Crippen MR) is 51.5 cm³/mol. The zero-order valence-electron chi connectivity index (χ0n) is 7.09. The monoisotopic (exact) mass is 171 g/mol. The second-order valence-electron chi connectivity index (χ2n) is 2.60. The average Bonchev–Trinajstić information content (AvgIpc) is 2.70. The number of hydrogen-bond donors (Lipinski definition) is 0. The molecular weight excluding hydrogens is 162 g/mol. The molecule has 0 saturated heterocycles. The molecule has 0 spiro atoms. The summed E-state index contributed by atoms with van der Waals surface area (Å²) in [7, 11) is 0. The first-order valence-corrected chi connectivity index (χ1v) is 3.98. The fraction of sp³-hybridized carbons (Fsp3) is 0. The second-order valence-corrected chi connectivity index (χ2v) is 2.60. The van der Waals surface area contributed by atoms with E-state index in [4.69, 9.17) is 0 Å². The third-order valence-electron chi connectivity index (χ3n) is 1.82. The largest absolute Gasteiger partial charge is 0.223 e. The van der Waals surface area contributed by atoms with Crippen molar-refractivity contribution in [2.24, 2.45) is 0 Å². The Bertz CT molecular complexity index is 404. The number of para-hydroxylation sites is 1. The van der Waals surface area contributed by atoms with Gasteiger partial charge in [-0.05, 0) is 11.6 Å². The summed E-state index contributed by atoms with van der Waals surface area (Å²) in [6.45, 7) is 3.74. The highest BCUT2D eigenvalue weighted by molar-refractivity contribution is 5.58. The molecule has 3 heteroatoms. The zero-order chi connectivity index (χ0) is 9.10. The highest BCUT2D eigenvalue weighted by atomic mass is 15.3. The fourth-order valence-corrected chi connectivity index (χ4v) is 1.20. The Labute approximate surface area is 76.4 Å². The Balaban J connectivity index is 2.57. The normalized spacial score (nSPS) is 9.85. The van der Waals surface area contributed by atoms with Gasteiger partial charge in [-0.3, -0.25) is 0 Å². The second kappa shape index (κ2) is 3.23. The Morgan fingerprint density at radius 3 is 2.85 bits per heavy atom. The number of nitrogens with zero attached hydrogens (tertiary/aromatic N) is 3. The minimum absolute atomic E-state index is 0.995. The van der Waals surface area contributed by atoms with Crippen LogP contribution in [0.25, 0.3) is 11.8 Å². The first-order chi connectivity index (χ1) is 6.42. The summed E-state index contributed by atoms with van der Waals surface area (Å²) in [5, 5.41) is 4.05. The zero-order valence-corrected chi connectivity index (χ0v) is 7.09. The Kier molecular flexibility index (Phi) is 1.92. The summed E-state index contributed by atoms with van der Waals surface area (Å²) in [4.78, 5) is 3.89.